The van der Waals surface area contributed by atoms with Gasteiger partial charge in [-0.1, -0.05) is 23.7 Å². The Morgan fingerprint density at radius 2 is 1.81 bits per heavy atom. The van der Waals surface area contributed by atoms with E-state index >= 15 is 0 Å². The van der Waals surface area contributed by atoms with E-state index in [-0.39, 0.29) is 13.1 Å². The Labute approximate surface area is 104 Å². The van der Waals surface area contributed by atoms with Crippen LogP contribution in [0.1, 0.15) is 5.56 Å². The van der Waals surface area contributed by atoms with Crippen molar-refractivity contribution in [3.63, 3.8) is 0 Å². The third kappa shape index (κ3) is 2.79. The second-order valence-corrected chi connectivity index (χ2v) is 3.73. The summed E-state index contributed by atoms with van der Waals surface area (Å²) in [6.07, 6.45) is 0. The van der Waals surface area contributed by atoms with E-state index in [2.05, 4.69) is 0 Å². The van der Waals surface area contributed by atoms with Crippen molar-refractivity contribution in [2.45, 2.75) is 5.88 Å². The van der Waals surface area contributed by atoms with Gasteiger partial charge in [-0.15, -0.1) is 11.6 Å². The lowest BCUT2D eigenvalue weighted by Crippen LogP contribution is -2.25. The van der Waals surface area contributed by atoms with Crippen molar-refractivity contribution in [2.75, 3.05) is 18.0 Å². The molecule has 0 amide bonds. The molecule has 0 saturated heterocycles. The molecule has 0 aliphatic carbocycles. The first kappa shape index (κ1) is 12.6. The minimum Gasteiger partial charge on any atom is -0.343 e. The Morgan fingerprint density at radius 3 is 2.31 bits per heavy atom. The number of anilines is 1. The fourth-order valence-corrected chi connectivity index (χ4v) is 1.94. The van der Waals surface area contributed by atoms with Crippen LogP contribution in [-0.4, -0.2) is 13.1 Å². The molecule has 3 nitrogen and oxygen atoms in total. The predicted octanol–water partition coefficient (Wildman–Crippen LogP) is 2.93. The second-order valence-electron chi connectivity index (χ2n) is 3.05. The minimum atomic E-state index is 0.112. The molecule has 0 saturated carbocycles. The van der Waals surface area contributed by atoms with Gasteiger partial charge < -0.3 is 4.90 Å². The topological polar surface area (TPSA) is 50.8 Å². The number of para-hydroxylation sites is 1. The first-order chi connectivity index (χ1) is 7.74. The van der Waals surface area contributed by atoms with Crippen LogP contribution in [0.3, 0.4) is 0 Å². The molecule has 0 atom stereocenters. The molecular weight excluding hydrogens is 245 g/mol. The molecule has 0 spiro atoms. The predicted molar refractivity (Wildman–Crippen MR) is 64.4 cm³/mol. The highest BCUT2D eigenvalue weighted by atomic mass is 35.5. The average Bonchev–Trinajstić information content (AvgIpc) is 2.28. The summed E-state index contributed by atoms with van der Waals surface area (Å²) in [5.41, 5.74) is 1.49. The van der Waals surface area contributed by atoms with E-state index in [1.807, 2.05) is 18.2 Å². The van der Waals surface area contributed by atoms with Crippen LogP contribution in [0.5, 0.6) is 0 Å². The van der Waals surface area contributed by atoms with Crippen molar-refractivity contribution in [3.8, 4) is 12.1 Å². The smallest absolute Gasteiger partial charge is 0.107 e. The molecule has 0 bridgehead atoms. The maximum Gasteiger partial charge on any atom is 0.107 e. The third-order valence-corrected chi connectivity index (χ3v) is 2.65. The highest BCUT2D eigenvalue weighted by Gasteiger charge is 2.13. The standard InChI is InChI=1S/C11H9Cl2N3/c12-8-9-2-1-3-10(13)11(9)16(6-4-14)7-5-15/h1-3H,6-8H2. The summed E-state index contributed by atoms with van der Waals surface area (Å²) in [6.45, 7) is 0.225. The number of halogens is 2. The normalized spacial score (nSPS) is 9.25. The number of nitrogens with zero attached hydrogens (tertiary/aromatic N) is 3. The second kappa shape index (κ2) is 6.23. The van der Waals surface area contributed by atoms with Crippen molar-refractivity contribution >= 4 is 28.9 Å². The summed E-state index contributed by atoms with van der Waals surface area (Å²) >= 11 is 11.9. The molecule has 0 aliphatic rings. The molecule has 16 heavy (non-hydrogen) atoms. The van der Waals surface area contributed by atoms with Crippen LogP contribution in [0, 0.1) is 22.7 Å². The van der Waals surface area contributed by atoms with Gasteiger partial charge in [-0.25, -0.2) is 0 Å². The fourth-order valence-electron chi connectivity index (χ4n) is 1.41. The van der Waals surface area contributed by atoms with Crippen LogP contribution < -0.4 is 4.90 Å². The van der Waals surface area contributed by atoms with Crippen LogP contribution in [0.25, 0.3) is 0 Å². The van der Waals surface area contributed by atoms with E-state index in [4.69, 9.17) is 33.7 Å². The molecule has 1 aromatic rings. The molecule has 0 aromatic heterocycles. The Balaban J connectivity index is 3.17. The van der Waals surface area contributed by atoms with Crippen molar-refractivity contribution < 1.29 is 0 Å². The number of alkyl halides is 1. The minimum absolute atomic E-state index is 0.112. The Hall–Kier alpha value is -1.42. The molecule has 0 radical (unpaired) electrons. The summed E-state index contributed by atoms with van der Waals surface area (Å²) < 4.78 is 0. The molecule has 1 aromatic carbocycles. The zero-order valence-electron chi connectivity index (χ0n) is 8.45. The fraction of sp³-hybridized carbons (Fsp3) is 0.273. The van der Waals surface area contributed by atoms with Gasteiger partial charge in [0.05, 0.1) is 22.8 Å². The van der Waals surface area contributed by atoms with E-state index in [9.17, 15) is 0 Å². The summed E-state index contributed by atoms with van der Waals surface area (Å²) in [5, 5.41) is 17.9. The van der Waals surface area contributed by atoms with Gasteiger partial charge in [0.15, 0.2) is 0 Å². The molecule has 82 valence electrons. The summed E-state index contributed by atoms with van der Waals surface area (Å²) in [4.78, 5) is 1.61. The molecule has 0 N–H and O–H groups in total. The lowest BCUT2D eigenvalue weighted by atomic mass is 10.2. The monoisotopic (exact) mass is 253 g/mol. The SMILES string of the molecule is N#CCN(CC#N)c1c(Cl)cccc1CCl. The van der Waals surface area contributed by atoms with E-state index in [0.29, 0.717) is 16.6 Å². The van der Waals surface area contributed by atoms with E-state index in [1.165, 1.54) is 0 Å². The molecular formula is C11H9Cl2N3. The molecule has 0 aliphatic heterocycles. The van der Waals surface area contributed by atoms with Gasteiger partial charge >= 0.3 is 0 Å². The Morgan fingerprint density at radius 1 is 1.19 bits per heavy atom. The first-order valence-corrected chi connectivity index (χ1v) is 5.48. The van der Waals surface area contributed by atoms with E-state index in [0.717, 1.165) is 5.56 Å². The van der Waals surface area contributed by atoms with Gasteiger partial charge in [-0.2, -0.15) is 10.5 Å². The quantitative estimate of drug-likeness (QED) is 0.613. The Kier molecular flexibility index (Phi) is 4.92. The third-order valence-electron chi connectivity index (χ3n) is 2.05. The number of benzene rings is 1. The zero-order valence-corrected chi connectivity index (χ0v) is 9.96. The van der Waals surface area contributed by atoms with Crippen LogP contribution in [0.2, 0.25) is 5.02 Å². The summed E-state index contributed by atoms with van der Waals surface area (Å²) in [5.74, 6) is 0.295. The van der Waals surface area contributed by atoms with Crippen molar-refractivity contribution in [2.24, 2.45) is 0 Å². The molecule has 5 heteroatoms. The number of rotatable bonds is 4. The first-order valence-electron chi connectivity index (χ1n) is 4.56. The molecule has 0 heterocycles. The molecule has 0 fully saturated rings. The molecule has 1 rings (SSSR count). The van der Waals surface area contributed by atoms with Gasteiger partial charge in [0, 0.05) is 5.88 Å². The summed E-state index contributed by atoms with van der Waals surface area (Å²) in [7, 11) is 0. The summed E-state index contributed by atoms with van der Waals surface area (Å²) in [6, 6.07) is 9.34. The number of nitriles is 2. The van der Waals surface area contributed by atoms with Gasteiger partial charge in [0.2, 0.25) is 0 Å². The maximum atomic E-state index is 8.70. The van der Waals surface area contributed by atoms with Gasteiger partial charge in [-0.05, 0) is 11.6 Å². The van der Waals surface area contributed by atoms with Gasteiger partial charge in [-0.3, -0.25) is 0 Å². The van der Waals surface area contributed by atoms with Crippen molar-refractivity contribution in [3.05, 3.63) is 28.8 Å². The highest BCUT2D eigenvalue weighted by molar-refractivity contribution is 6.33. The number of hydrogen-bond acceptors (Lipinski definition) is 3. The van der Waals surface area contributed by atoms with Gasteiger partial charge in [0.25, 0.3) is 0 Å². The largest absolute Gasteiger partial charge is 0.343 e. The van der Waals surface area contributed by atoms with Crippen LogP contribution in [0.4, 0.5) is 5.69 Å². The highest BCUT2D eigenvalue weighted by Crippen LogP contribution is 2.30. The molecule has 0 unspecified atom stereocenters. The lowest BCUT2D eigenvalue weighted by molar-refractivity contribution is 0.957. The Bertz CT molecular complexity index is 430. The average molecular weight is 254 g/mol. The van der Waals surface area contributed by atoms with Crippen molar-refractivity contribution in [1.82, 2.24) is 0 Å². The zero-order chi connectivity index (χ0) is 12.0. The number of hydrogen-bond donors (Lipinski definition) is 0. The maximum absolute atomic E-state index is 8.70. The van der Waals surface area contributed by atoms with Gasteiger partial charge in [0.1, 0.15) is 13.1 Å². The van der Waals surface area contributed by atoms with E-state index in [1.54, 1.807) is 17.0 Å². The van der Waals surface area contributed by atoms with Crippen LogP contribution in [-0.2, 0) is 5.88 Å². The van der Waals surface area contributed by atoms with Crippen LogP contribution >= 0.6 is 23.2 Å². The van der Waals surface area contributed by atoms with Crippen LogP contribution in [0.15, 0.2) is 18.2 Å². The lowest BCUT2D eigenvalue weighted by Gasteiger charge is -2.22. The van der Waals surface area contributed by atoms with E-state index < -0.39 is 0 Å². The van der Waals surface area contributed by atoms with Crippen molar-refractivity contribution in [1.29, 1.82) is 10.5 Å².